The SMILES string of the molecule is CC(C)CNC(=O)c1c(C2CC2)nn(-c2ccc(Cl)cc2)c1C(C)C. The molecule has 1 aliphatic carbocycles. The van der Waals surface area contributed by atoms with Crippen molar-refractivity contribution in [1.29, 1.82) is 0 Å². The summed E-state index contributed by atoms with van der Waals surface area (Å²) in [4.78, 5) is 12.9. The minimum atomic E-state index is -0.000450. The zero-order valence-electron chi connectivity index (χ0n) is 15.3. The predicted octanol–water partition coefficient (Wildman–Crippen LogP) is 4.91. The molecule has 1 aromatic heterocycles. The van der Waals surface area contributed by atoms with Gasteiger partial charge in [0, 0.05) is 17.5 Å². The Kier molecular flexibility index (Phi) is 5.19. The van der Waals surface area contributed by atoms with E-state index in [0.29, 0.717) is 23.4 Å². The van der Waals surface area contributed by atoms with Gasteiger partial charge in [-0.3, -0.25) is 4.79 Å². The van der Waals surface area contributed by atoms with E-state index in [9.17, 15) is 4.79 Å². The first kappa shape index (κ1) is 18.0. The van der Waals surface area contributed by atoms with Crippen molar-refractivity contribution in [2.75, 3.05) is 6.54 Å². The fourth-order valence-electron chi connectivity index (χ4n) is 3.02. The number of halogens is 1. The van der Waals surface area contributed by atoms with E-state index in [1.807, 2.05) is 28.9 Å². The number of carbonyl (C=O) groups excluding carboxylic acids is 1. The quantitative estimate of drug-likeness (QED) is 0.796. The molecule has 2 aromatic rings. The van der Waals surface area contributed by atoms with Crippen molar-refractivity contribution in [3.63, 3.8) is 0 Å². The van der Waals surface area contributed by atoms with Crippen LogP contribution in [-0.4, -0.2) is 22.2 Å². The maximum Gasteiger partial charge on any atom is 0.255 e. The summed E-state index contributed by atoms with van der Waals surface area (Å²) < 4.78 is 1.93. The lowest BCUT2D eigenvalue weighted by atomic mass is 10.0. The number of benzene rings is 1. The van der Waals surface area contributed by atoms with E-state index in [2.05, 4.69) is 33.0 Å². The van der Waals surface area contributed by atoms with Crippen LogP contribution in [0.1, 0.15) is 74.1 Å². The topological polar surface area (TPSA) is 46.9 Å². The van der Waals surface area contributed by atoms with E-state index in [1.165, 1.54) is 0 Å². The van der Waals surface area contributed by atoms with E-state index in [-0.39, 0.29) is 11.8 Å². The van der Waals surface area contributed by atoms with Crippen LogP contribution in [0.25, 0.3) is 5.69 Å². The summed E-state index contributed by atoms with van der Waals surface area (Å²) in [6.07, 6.45) is 2.22. The van der Waals surface area contributed by atoms with Gasteiger partial charge in [0.2, 0.25) is 0 Å². The monoisotopic (exact) mass is 359 g/mol. The fraction of sp³-hybridized carbons (Fsp3) is 0.500. The summed E-state index contributed by atoms with van der Waals surface area (Å²) in [5.74, 6) is 1.02. The normalized spacial score (nSPS) is 14.4. The van der Waals surface area contributed by atoms with Crippen molar-refractivity contribution in [2.24, 2.45) is 5.92 Å². The van der Waals surface area contributed by atoms with Crippen LogP contribution in [-0.2, 0) is 0 Å². The number of nitrogens with one attached hydrogen (secondary N) is 1. The van der Waals surface area contributed by atoms with Crippen molar-refractivity contribution < 1.29 is 4.79 Å². The zero-order chi connectivity index (χ0) is 18.1. The van der Waals surface area contributed by atoms with Gasteiger partial charge in [-0.05, 0) is 48.9 Å². The molecular weight excluding hydrogens is 334 g/mol. The number of carbonyl (C=O) groups is 1. The molecule has 0 spiro atoms. The zero-order valence-corrected chi connectivity index (χ0v) is 16.1. The van der Waals surface area contributed by atoms with Crippen LogP contribution in [0.5, 0.6) is 0 Å². The third-order valence-corrected chi connectivity index (χ3v) is 4.68. The molecule has 0 aliphatic heterocycles. The molecule has 0 unspecified atom stereocenters. The van der Waals surface area contributed by atoms with Gasteiger partial charge < -0.3 is 5.32 Å². The molecule has 134 valence electrons. The smallest absolute Gasteiger partial charge is 0.255 e. The highest BCUT2D eigenvalue weighted by molar-refractivity contribution is 6.30. The first-order valence-corrected chi connectivity index (χ1v) is 9.43. The molecule has 1 fully saturated rings. The standard InChI is InChI=1S/C20H26ClN3O/c1-12(2)11-22-20(25)17-18(14-5-6-14)23-24(19(17)13(3)4)16-9-7-15(21)8-10-16/h7-10,12-14H,5-6,11H2,1-4H3,(H,22,25). The van der Waals surface area contributed by atoms with Gasteiger partial charge in [0.05, 0.1) is 22.6 Å². The number of hydrogen-bond acceptors (Lipinski definition) is 2. The van der Waals surface area contributed by atoms with Crippen LogP contribution >= 0.6 is 11.6 Å². The molecule has 5 heteroatoms. The molecule has 0 bridgehead atoms. The number of nitrogens with zero attached hydrogens (tertiary/aromatic N) is 2. The van der Waals surface area contributed by atoms with Crippen LogP contribution < -0.4 is 5.32 Å². The Labute approximate surface area is 154 Å². The van der Waals surface area contributed by atoms with Crippen molar-refractivity contribution in [2.45, 2.75) is 52.4 Å². The van der Waals surface area contributed by atoms with Gasteiger partial charge in [0.1, 0.15) is 0 Å². The molecule has 1 N–H and O–H groups in total. The Hall–Kier alpha value is -1.81. The van der Waals surface area contributed by atoms with Gasteiger partial charge in [-0.15, -0.1) is 0 Å². The molecule has 1 aromatic carbocycles. The first-order chi connectivity index (χ1) is 11.9. The average Bonchev–Trinajstić information content (AvgIpc) is 3.32. The molecule has 0 saturated heterocycles. The molecule has 1 heterocycles. The minimum Gasteiger partial charge on any atom is -0.352 e. The lowest BCUT2D eigenvalue weighted by Gasteiger charge is -2.14. The van der Waals surface area contributed by atoms with E-state index in [0.717, 1.165) is 35.5 Å². The highest BCUT2D eigenvalue weighted by Gasteiger charge is 2.35. The van der Waals surface area contributed by atoms with Crippen molar-refractivity contribution in [3.8, 4) is 5.69 Å². The predicted molar refractivity (Wildman–Crippen MR) is 102 cm³/mol. The molecule has 25 heavy (non-hydrogen) atoms. The van der Waals surface area contributed by atoms with Crippen molar-refractivity contribution in [3.05, 3.63) is 46.2 Å². The molecule has 4 nitrogen and oxygen atoms in total. The summed E-state index contributed by atoms with van der Waals surface area (Å²) >= 11 is 6.03. The van der Waals surface area contributed by atoms with Crippen LogP contribution in [0.3, 0.4) is 0 Å². The summed E-state index contributed by atoms with van der Waals surface area (Å²) in [6, 6.07) is 7.62. The van der Waals surface area contributed by atoms with Crippen molar-refractivity contribution in [1.82, 2.24) is 15.1 Å². The summed E-state index contributed by atoms with van der Waals surface area (Å²) in [5, 5.41) is 8.63. The van der Waals surface area contributed by atoms with Gasteiger partial charge in [-0.1, -0.05) is 39.3 Å². The second-order valence-corrected chi connectivity index (χ2v) is 8.00. The fourth-order valence-corrected chi connectivity index (χ4v) is 3.15. The second kappa shape index (κ2) is 7.20. The summed E-state index contributed by atoms with van der Waals surface area (Å²) in [6.45, 7) is 9.09. The van der Waals surface area contributed by atoms with E-state index in [1.54, 1.807) is 0 Å². The average molecular weight is 360 g/mol. The Bertz CT molecular complexity index is 758. The third-order valence-electron chi connectivity index (χ3n) is 4.43. The molecule has 0 radical (unpaired) electrons. The highest BCUT2D eigenvalue weighted by Crippen LogP contribution is 2.43. The molecular formula is C20H26ClN3O. The molecule has 0 atom stereocenters. The largest absolute Gasteiger partial charge is 0.352 e. The van der Waals surface area contributed by atoms with E-state index >= 15 is 0 Å². The lowest BCUT2D eigenvalue weighted by molar-refractivity contribution is 0.0946. The first-order valence-electron chi connectivity index (χ1n) is 9.05. The minimum absolute atomic E-state index is 0.000450. The molecule has 1 amide bonds. The number of aromatic nitrogens is 2. The van der Waals surface area contributed by atoms with Crippen LogP contribution in [0.15, 0.2) is 24.3 Å². The molecule has 3 rings (SSSR count). The Morgan fingerprint density at radius 3 is 2.40 bits per heavy atom. The van der Waals surface area contributed by atoms with Gasteiger partial charge in [-0.2, -0.15) is 5.10 Å². The van der Waals surface area contributed by atoms with Crippen LogP contribution in [0.4, 0.5) is 0 Å². The third kappa shape index (κ3) is 3.90. The second-order valence-electron chi connectivity index (χ2n) is 7.57. The maximum absolute atomic E-state index is 12.9. The van der Waals surface area contributed by atoms with Crippen LogP contribution in [0.2, 0.25) is 5.02 Å². The Morgan fingerprint density at radius 2 is 1.88 bits per heavy atom. The maximum atomic E-state index is 12.9. The number of hydrogen-bond donors (Lipinski definition) is 1. The lowest BCUT2D eigenvalue weighted by Crippen LogP contribution is -2.29. The van der Waals surface area contributed by atoms with Gasteiger partial charge in [-0.25, -0.2) is 4.68 Å². The van der Waals surface area contributed by atoms with Gasteiger partial charge >= 0.3 is 0 Å². The van der Waals surface area contributed by atoms with E-state index < -0.39 is 0 Å². The Morgan fingerprint density at radius 1 is 1.24 bits per heavy atom. The van der Waals surface area contributed by atoms with Gasteiger partial charge in [0.15, 0.2) is 0 Å². The summed E-state index contributed by atoms with van der Waals surface area (Å²) in [7, 11) is 0. The Balaban J connectivity index is 2.08. The van der Waals surface area contributed by atoms with Crippen LogP contribution in [0, 0.1) is 5.92 Å². The van der Waals surface area contributed by atoms with Gasteiger partial charge in [0.25, 0.3) is 5.91 Å². The molecule has 1 aliphatic rings. The summed E-state index contributed by atoms with van der Waals surface area (Å²) in [5.41, 5.74) is 3.64. The number of amides is 1. The molecule has 1 saturated carbocycles. The highest BCUT2D eigenvalue weighted by atomic mass is 35.5. The van der Waals surface area contributed by atoms with E-state index in [4.69, 9.17) is 16.7 Å². The van der Waals surface area contributed by atoms with Crippen molar-refractivity contribution >= 4 is 17.5 Å². The number of rotatable bonds is 6.